The van der Waals surface area contributed by atoms with Crippen molar-refractivity contribution >= 4 is 34.0 Å². The summed E-state index contributed by atoms with van der Waals surface area (Å²) in [6.45, 7) is 0.0327. The minimum absolute atomic E-state index is 0.0327. The van der Waals surface area contributed by atoms with Crippen LogP contribution in [0.1, 0.15) is 17.5 Å². The molecule has 5 rings (SSSR count). The molecule has 1 saturated carbocycles. The van der Waals surface area contributed by atoms with Gasteiger partial charge in [0.05, 0.1) is 29.6 Å². The quantitative estimate of drug-likeness (QED) is 0.338. The maximum atomic E-state index is 13.9. The zero-order valence-corrected chi connectivity index (χ0v) is 18.8. The van der Waals surface area contributed by atoms with Crippen LogP contribution in [0.5, 0.6) is 11.5 Å². The van der Waals surface area contributed by atoms with Crippen molar-refractivity contribution in [2.24, 2.45) is 28.8 Å². The standard InChI is InChI=1S/C24H20BrFN2O4/c1-31-19-9-13(8-17(25)22(19)32-12-16-4-2-3-5-18(16)26)11-27-28-23(29)20-14-6-7-15(10-14)21(20)24(28)30/h2-9,11,14-15,20-21H,10,12H2,1H3. The second-order valence-electron chi connectivity index (χ2n) is 8.15. The highest BCUT2D eigenvalue weighted by Gasteiger charge is 2.59. The highest BCUT2D eigenvalue weighted by Crippen LogP contribution is 2.52. The summed E-state index contributed by atoms with van der Waals surface area (Å²) >= 11 is 3.46. The largest absolute Gasteiger partial charge is 0.493 e. The van der Waals surface area contributed by atoms with Crippen LogP contribution in [-0.2, 0) is 16.2 Å². The van der Waals surface area contributed by atoms with Gasteiger partial charge >= 0.3 is 0 Å². The summed E-state index contributed by atoms with van der Waals surface area (Å²) in [6.07, 6.45) is 6.43. The first-order chi connectivity index (χ1) is 15.5. The number of nitrogens with zero attached hydrogens (tertiary/aromatic N) is 2. The van der Waals surface area contributed by atoms with E-state index in [-0.39, 0.29) is 47.9 Å². The van der Waals surface area contributed by atoms with Crippen molar-refractivity contribution in [3.8, 4) is 11.5 Å². The van der Waals surface area contributed by atoms with Crippen molar-refractivity contribution in [1.82, 2.24) is 5.01 Å². The van der Waals surface area contributed by atoms with Gasteiger partial charge in [0.1, 0.15) is 12.4 Å². The van der Waals surface area contributed by atoms with Crippen LogP contribution in [-0.4, -0.2) is 30.1 Å². The molecule has 32 heavy (non-hydrogen) atoms. The molecule has 3 aliphatic rings. The van der Waals surface area contributed by atoms with Crippen LogP contribution in [0.15, 0.2) is 58.1 Å². The van der Waals surface area contributed by atoms with Gasteiger partial charge in [-0.3, -0.25) is 9.59 Å². The SMILES string of the molecule is COc1cc(C=NN2C(=O)C3C4C=CC(C4)C3C2=O)cc(Br)c1OCc1ccccc1F. The Kier molecular flexibility index (Phi) is 5.33. The van der Waals surface area contributed by atoms with E-state index < -0.39 is 0 Å². The van der Waals surface area contributed by atoms with Gasteiger partial charge in [0.2, 0.25) is 0 Å². The van der Waals surface area contributed by atoms with Crippen molar-refractivity contribution in [3.05, 3.63) is 70.0 Å². The highest BCUT2D eigenvalue weighted by atomic mass is 79.9. The number of benzene rings is 2. The van der Waals surface area contributed by atoms with Crippen LogP contribution in [0, 0.1) is 29.5 Å². The van der Waals surface area contributed by atoms with E-state index in [2.05, 4.69) is 21.0 Å². The van der Waals surface area contributed by atoms with Crippen LogP contribution in [0.4, 0.5) is 4.39 Å². The average Bonchev–Trinajstić information content (AvgIpc) is 3.46. The number of carbonyl (C=O) groups excluding carboxylic acids is 2. The second kappa shape index (κ2) is 8.16. The lowest BCUT2D eigenvalue weighted by atomic mass is 9.85. The van der Waals surface area contributed by atoms with Gasteiger partial charge in [-0.05, 0) is 57.9 Å². The second-order valence-corrected chi connectivity index (χ2v) is 9.00. The van der Waals surface area contributed by atoms with Crippen molar-refractivity contribution < 1.29 is 23.5 Å². The lowest BCUT2D eigenvalue weighted by Gasteiger charge is -2.14. The van der Waals surface area contributed by atoms with Gasteiger partial charge in [0.15, 0.2) is 11.5 Å². The molecule has 8 heteroatoms. The van der Waals surface area contributed by atoms with Crippen molar-refractivity contribution in [3.63, 3.8) is 0 Å². The Hall–Kier alpha value is -3.00. The van der Waals surface area contributed by atoms with Crippen LogP contribution in [0.25, 0.3) is 0 Å². The van der Waals surface area contributed by atoms with E-state index >= 15 is 0 Å². The predicted octanol–water partition coefficient (Wildman–Crippen LogP) is 4.32. The van der Waals surface area contributed by atoms with Gasteiger partial charge in [-0.2, -0.15) is 10.1 Å². The van der Waals surface area contributed by atoms with E-state index in [1.54, 1.807) is 30.3 Å². The molecule has 0 spiro atoms. The summed E-state index contributed by atoms with van der Waals surface area (Å²) in [4.78, 5) is 25.5. The molecule has 2 bridgehead atoms. The Morgan fingerprint density at radius 1 is 1.16 bits per heavy atom. The summed E-state index contributed by atoms with van der Waals surface area (Å²) in [6, 6.07) is 9.80. The van der Waals surface area contributed by atoms with Crippen molar-refractivity contribution in [1.29, 1.82) is 0 Å². The third-order valence-electron chi connectivity index (χ3n) is 6.35. The predicted molar refractivity (Wildman–Crippen MR) is 119 cm³/mol. The van der Waals surface area contributed by atoms with Gasteiger partial charge in [-0.25, -0.2) is 4.39 Å². The van der Waals surface area contributed by atoms with Crippen molar-refractivity contribution in [2.45, 2.75) is 13.0 Å². The number of hydrogen-bond donors (Lipinski definition) is 0. The number of methoxy groups -OCH3 is 1. The van der Waals surface area contributed by atoms with Crippen LogP contribution in [0.3, 0.4) is 0 Å². The lowest BCUT2D eigenvalue weighted by Crippen LogP contribution is -2.28. The Labute approximate surface area is 192 Å². The molecule has 4 unspecified atom stereocenters. The Bertz CT molecular complexity index is 1130. The van der Waals surface area contributed by atoms with Gasteiger partial charge in [0, 0.05) is 5.56 Å². The molecule has 1 saturated heterocycles. The average molecular weight is 499 g/mol. The van der Waals surface area contributed by atoms with Gasteiger partial charge in [-0.1, -0.05) is 30.4 Å². The number of carbonyl (C=O) groups is 2. The normalized spacial score (nSPS) is 25.8. The molecule has 2 fully saturated rings. The Balaban J connectivity index is 1.34. The molecule has 0 N–H and O–H groups in total. The summed E-state index contributed by atoms with van der Waals surface area (Å²) in [5, 5.41) is 5.21. The van der Waals surface area contributed by atoms with Gasteiger partial charge < -0.3 is 9.47 Å². The number of hydrogen-bond acceptors (Lipinski definition) is 5. The summed E-state index contributed by atoms with van der Waals surface area (Å²) < 4.78 is 25.7. The minimum Gasteiger partial charge on any atom is -0.493 e. The van der Waals surface area contributed by atoms with E-state index in [1.165, 1.54) is 19.4 Å². The molecule has 2 amide bonds. The molecule has 6 nitrogen and oxygen atoms in total. The third-order valence-corrected chi connectivity index (χ3v) is 6.94. The Morgan fingerprint density at radius 2 is 1.84 bits per heavy atom. The molecule has 4 atom stereocenters. The maximum Gasteiger partial charge on any atom is 0.254 e. The zero-order valence-electron chi connectivity index (χ0n) is 17.2. The topological polar surface area (TPSA) is 68.2 Å². The van der Waals surface area contributed by atoms with Gasteiger partial charge in [0.25, 0.3) is 11.8 Å². The first-order valence-corrected chi connectivity index (χ1v) is 11.1. The first kappa shape index (κ1) is 20.9. The number of rotatable bonds is 6. The summed E-state index contributed by atoms with van der Waals surface area (Å²) in [5.74, 6) is -0.278. The fourth-order valence-corrected chi connectivity index (χ4v) is 5.42. The number of allylic oxidation sites excluding steroid dienone is 2. The fourth-order valence-electron chi connectivity index (χ4n) is 4.84. The van der Waals surface area contributed by atoms with Crippen LogP contribution >= 0.6 is 15.9 Å². The van der Waals surface area contributed by atoms with E-state index in [1.807, 2.05) is 12.2 Å². The number of halogens is 2. The Morgan fingerprint density at radius 3 is 2.50 bits per heavy atom. The third kappa shape index (κ3) is 3.43. The van der Waals surface area contributed by atoms with Crippen LogP contribution < -0.4 is 9.47 Å². The smallest absolute Gasteiger partial charge is 0.254 e. The maximum absolute atomic E-state index is 13.9. The monoisotopic (exact) mass is 498 g/mol. The minimum atomic E-state index is -0.348. The molecule has 164 valence electrons. The zero-order chi connectivity index (χ0) is 22.4. The molecule has 1 heterocycles. The van der Waals surface area contributed by atoms with E-state index in [4.69, 9.17) is 9.47 Å². The number of hydrazone groups is 1. The number of imide groups is 1. The van der Waals surface area contributed by atoms with E-state index in [0.29, 0.717) is 27.1 Å². The van der Waals surface area contributed by atoms with E-state index in [9.17, 15) is 14.0 Å². The van der Waals surface area contributed by atoms with Gasteiger partial charge in [-0.15, -0.1) is 0 Å². The highest BCUT2D eigenvalue weighted by molar-refractivity contribution is 9.10. The number of ether oxygens (including phenoxy) is 2. The first-order valence-electron chi connectivity index (χ1n) is 10.3. The lowest BCUT2D eigenvalue weighted by molar-refractivity contribution is -0.140. The summed E-state index contributed by atoms with van der Waals surface area (Å²) in [5.41, 5.74) is 1.04. The molecular weight excluding hydrogens is 479 g/mol. The molecule has 0 aromatic heterocycles. The van der Waals surface area contributed by atoms with Crippen molar-refractivity contribution in [2.75, 3.05) is 7.11 Å². The number of fused-ring (bicyclic) bond motifs is 5. The fraction of sp³-hybridized carbons (Fsp3) is 0.292. The molecular formula is C24H20BrFN2O4. The molecule has 2 aromatic carbocycles. The van der Waals surface area contributed by atoms with E-state index in [0.717, 1.165) is 11.4 Å². The molecule has 0 radical (unpaired) electrons. The van der Waals surface area contributed by atoms with Crippen LogP contribution in [0.2, 0.25) is 0 Å². The molecule has 2 aromatic rings. The number of amides is 2. The molecule has 2 aliphatic carbocycles. The molecule has 1 aliphatic heterocycles. The summed E-state index contributed by atoms with van der Waals surface area (Å²) in [7, 11) is 1.50.